The Morgan fingerprint density at radius 2 is 1.66 bits per heavy atom. The normalized spacial score (nSPS) is 13.1. The van der Waals surface area contributed by atoms with Gasteiger partial charge in [0.15, 0.2) is 5.16 Å². The number of carbonyl (C=O) groups excluding carboxylic acids is 2. The maximum absolute atomic E-state index is 13.3. The highest BCUT2D eigenvalue weighted by molar-refractivity contribution is 7.99. The molecule has 3 heterocycles. The number of benzene rings is 4. The number of aromatic nitrogens is 6. The van der Waals surface area contributed by atoms with Crippen LogP contribution in [0.25, 0.3) is 16.6 Å². The van der Waals surface area contributed by atoms with E-state index in [1.807, 2.05) is 81.4 Å². The highest BCUT2D eigenvalue weighted by atomic mass is 32.2. The van der Waals surface area contributed by atoms with Crippen molar-refractivity contribution in [1.29, 1.82) is 0 Å². The average molecular weight is 775 g/mol. The number of nitrogens with zero attached hydrogens (tertiary/aromatic N) is 7. The molecule has 0 aliphatic carbocycles. The van der Waals surface area contributed by atoms with Gasteiger partial charge in [-0.3, -0.25) is 23.9 Å². The van der Waals surface area contributed by atoms with Crippen molar-refractivity contribution < 1.29 is 23.7 Å². The number of hydrogen-bond acceptors (Lipinski definition) is 10. The molecule has 288 valence electrons. The number of thioether (sulfide) groups is 1. The minimum Gasteiger partial charge on any atom is -0.495 e. The summed E-state index contributed by atoms with van der Waals surface area (Å²) in [6.07, 6.45) is 1.34. The van der Waals surface area contributed by atoms with Gasteiger partial charge in [-0.15, -0.1) is 0 Å². The second kappa shape index (κ2) is 17.1. The summed E-state index contributed by atoms with van der Waals surface area (Å²) in [5.74, 6) is 1.20. The Bertz CT molecular complexity index is 2410. The van der Waals surface area contributed by atoms with Crippen LogP contribution < -0.4 is 35.2 Å². The Hall–Kier alpha value is -6.22. The zero-order valence-corrected chi connectivity index (χ0v) is 32.6. The topological polar surface area (TPSA) is 149 Å². The summed E-state index contributed by atoms with van der Waals surface area (Å²) < 4.78 is 15.0. The molecule has 2 amide bonds. The Morgan fingerprint density at radius 3 is 2.39 bits per heavy atom. The molecule has 4 aromatic carbocycles. The van der Waals surface area contributed by atoms with Gasteiger partial charge in [0.1, 0.15) is 17.2 Å². The molecule has 0 bridgehead atoms. The summed E-state index contributed by atoms with van der Waals surface area (Å²) in [6, 6.07) is 28.1. The molecule has 0 atom stereocenters. The summed E-state index contributed by atoms with van der Waals surface area (Å²) in [5, 5.41) is 16.7. The highest BCUT2D eigenvalue weighted by Gasteiger charge is 2.33. The van der Waals surface area contributed by atoms with Gasteiger partial charge < -0.3 is 20.1 Å². The average Bonchev–Trinajstić information content (AvgIpc) is 3.65. The minimum absolute atomic E-state index is 0.0147. The second-order valence-corrected chi connectivity index (χ2v) is 14.4. The van der Waals surface area contributed by atoms with Crippen LogP contribution in [-0.4, -0.2) is 62.4 Å². The molecule has 2 N–H and O–H groups in total. The van der Waals surface area contributed by atoms with Crippen molar-refractivity contribution in [2.75, 3.05) is 41.5 Å². The number of piperidine rings is 1. The molecule has 2 aromatic heterocycles. The van der Waals surface area contributed by atoms with Crippen molar-refractivity contribution in [3.63, 3.8) is 0 Å². The Kier molecular flexibility index (Phi) is 11.6. The third-order valence-corrected chi connectivity index (χ3v) is 10.7. The lowest BCUT2D eigenvalue weighted by atomic mass is 9.95. The number of para-hydroxylation sites is 3. The molecule has 0 radical (unpaired) electrons. The number of carbonyl (C=O) groups is 2. The maximum atomic E-state index is 13.3. The van der Waals surface area contributed by atoms with Gasteiger partial charge in [0.2, 0.25) is 18.5 Å². The largest absolute Gasteiger partial charge is 0.495 e. The quantitative estimate of drug-likeness (QED) is 0.0872. The van der Waals surface area contributed by atoms with E-state index in [2.05, 4.69) is 20.5 Å². The number of hydrogen-bond donors (Lipinski definition) is 2. The summed E-state index contributed by atoms with van der Waals surface area (Å²) >= 11 is 1.19. The van der Waals surface area contributed by atoms with Gasteiger partial charge in [-0.05, 0) is 85.9 Å². The molecule has 15 heteroatoms. The standard InChI is InChI=1S/C41H43N9O5S/c1-5-48-39(53)32-16-9-10-17-33(32)43-41(48)56-25-36(51)42-34-24-31(18-19-35(34)54-4)55-26-49-45-40(50(46-49)30-14-7-6-8-15-30)47-22-20-29(21-23-47)38(52)44-37-27(2)12-11-13-28(37)3/h6-19,24,29H,5,20-23,25-26H2,1-4H3,(H-,42,44,51,52)/p+1. The van der Waals surface area contributed by atoms with Crippen LogP contribution in [0.15, 0.2) is 101 Å². The van der Waals surface area contributed by atoms with Crippen LogP contribution in [0.4, 0.5) is 17.3 Å². The lowest BCUT2D eigenvalue weighted by Crippen LogP contribution is -2.46. The zero-order valence-electron chi connectivity index (χ0n) is 31.8. The Balaban J connectivity index is 1.02. The number of anilines is 3. The Morgan fingerprint density at radius 1 is 0.929 bits per heavy atom. The number of aryl methyl sites for hydroxylation is 2. The van der Waals surface area contributed by atoms with E-state index in [0.29, 0.717) is 71.7 Å². The van der Waals surface area contributed by atoms with Gasteiger partial charge in [-0.25, -0.2) is 4.98 Å². The number of tetrazole rings is 1. The molecule has 1 saturated heterocycles. The van der Waals surface area contributed by atoms with E-state index in [4.69, 9.17) is 19.8 Å². The molecule has 1 aliphatic heterocycles. The second-order valence-electron chi connectivity index (χ2n) is 13.5. The zero-order chi connectivity index (χ0) is 39.2. The number of methoxy groups -OCH3 is 1. The summed E-state index contributed by atoms with van der Waals surface area (Å²) in [5.41, 5.74) is 4.68. The fourth-order valence-electron chi connectivity index (χ4n) is 6.74. The van der Waals surface area contributed by atoms with E-state index in [9.17, 15) is 14.4 Å². The third-order valence-electron chi connectivity index (χ3n) is 9.73. The molecular formula is C41H44N9O5S+. The fraction of sp³-hybridized carbons (Fsp3) is 0.293. The molecule has 0 unspecified atom stereocenters. The molecule has 7 rings (SSSR count). The molecule has 0 saturated carbocycles. The van der Waals surface area contributed by atoms with Crippen LogP contribution in [0.1, 0.15) is 30.9 Å². The number of fused-ring (bicyclic) bond motifs is 1. The lowest BCUT2D eigenvalue weighted by molar-refractivity contribution is -0.650. The maximum Gasteiger partial charge on any atom is 0.405 e. The van der Waals surface area contributed by atoms with Gasteiger partial charge in [0, 0.05) is 29.4 Å². The van der Waals surface area contributed by atoms with Crippen LogP contribution in [-0.2, 0) is 22.9 Å². The first-order chi connectivity index (χ1) is 27.2. The van der Waals surface area contributed by atoms with Crippen LogP contribution in [0.5, 0.6) is 11.5 Å². The lowest BCUT2D eigenvalue weighted by Gasteiger charge is -2.28. The van der Waals surface area contributed by atoms with E-state index in [1.54, 1.807) is 39.6 Å². The van der Waals surface area contributed by atoms with E-state index in [0.717, 1.165) is 22.5 Å². The SMILES string of the molecule is CCn1c(SCC(=O)Nc2cc(OCn3nc(N4CCC(C(=O)Nc5c(C)cccc5C)CC4)[n+](-c4ccccc4)n3)ccc2OC)nc2ccccc2c1=O. The molecule has 1 fully saturated rings. The molecule has 0 spiro atoms. The summed E-state index contributed by atoms with van der Waals surface area (Å²) in [7, 11) is 1.52. The van der Waals surface area contributed by atoms with Crippen LogP contribution in [0.2, 0.25) is 0 Å². The first kappa shape index (κ1) is 38.1. The number of rotatable bonds is 13. The van der Waals surface area contributed by atoms with Crippen LogP contribution in [0, 0.1) is 19.8 Å². The van der Waals surface area contributed by atoms with Crippen molar-refractivity contribution in [1.82, 2.24) is 24.7 Å². The summed E-state index contributed by atoms with van der Waals surface area (Å²) in [4.78, 5) is 47.8. The van der Waals surface area contributed by atoms with Crippen molar-refractivity contribution in [2.24, 2.45) is 5.92 Å². The molecule has 14 nitrogen and oxygen atoms in total. The molecule has 56 heavy (non-hydrogen) atoms. The third kappa shape index (κ3) is 8.37. The monoisotopic (exact) mass is 774 g/mol. The number of nitrogens with one attached hydrogen (secondary N) is 2. The molecular weight excluding hydrogens is 731 g/mol. The minimum atomic E-state index is -0.302. The summed E-state index contributed by atoms with van der Waals surface area (Å²) in [6.45, 7) is 7.56. The van der Waals surface area contributed by atoms with Crippen molar-refractivity contribution in [3.05, 3.63) is 112 Å². The first-order valence-electron chi connectivity index (χ1n) is 18.5. The van der Waals surface area contributed by atoms with E-state index >= 15 is 0 Å². The van der Waals surface area contributed by atoms with Gasteiger partial charge in [-0.2, -0.15) is 0 Å². The van der Waals surface area contributed by atoms with Crippen molar-refractivity contribution >= 4 is 51.8 Å². The molecule has 6 aromatic rings. The van der Waals surface area contributed by atoms with Crippen LogP contribution in [0.3, 0.4) is 0 Å². The highest BCUT2D eigenvalue weighted by Crippen LogP contribution is 2.30. The number of ether oxygens (including phenoxy) is 2. The van der Waals surface area contributed by atoms with Crippen molar-refractivity contribution in [2.45, 2.75) is 52.0 Å². The first-order valence-corrected chi connectivity index (χ1v) is 19.5. The van der Waals surface area contributed by atoms with Crippen LogP contribution >= 0.6 is 11.8 Å². The smallest absolute Gasteiger partial charge is 0.405 e. The number of amides is 2. The Labute approximate surface area is 328 Å². The van der Waals surface area contributed by atoms with Gasteiger partial charge in [-0.1, -0.05) is 65.0 Å². The predicted octanol–water partition coefficient (Wildman–Crippen LogP) is 5.53. The van der Waals surface area contributed by atoms with Gasteiger partial charge in [0.25, 0.3) is 5.56 Å². The van der Waals surface area contributed by atoms with Gasteiger partial charge >= 0.3 is 5.95 Å². The van der Waals surface area contributed by atoms with Crippen molar-refractivity contribution in [3.8, 4) is 17.2 Å². The fourth-order valence-corrected chi connectivity index (χ4v) is 7.60. The van der Waals surface area contributed by atoms with Gasteiger partial charge in [0.05, 0.1) is 47.6 Å². The van der Waals surface area contributed by atoms with E-state index < -0.39 is 0 Å². The molecule has 1 aliphatic rings. The van der Waals surface area contributed by atoms with E-state index in [-0.39, 0.29) is 35.8 Å². The van der Waals surface area contributed by atoms with E-state index in [1.165, 1.54) is 23.7 Å². The predicted molar refractivity (Wildman–Crippen MR) is 216 cm³/mol.